The molecule has 186 valence electrons. The minimum absolute atomic E-state index is 0.0524. The molecule has 0 aliphatic heterocycles. The molecular weight excluding hydrogens is 460 g/mol. The summed E-state index contributed by atoms with van der Waals surface area (Å²) in [6.07, 6.45) is 4.36. The second kappa shape index (κ2) is 10.8. The van der Waals surface area contributed by atoms with Gasteiger partial charge in [0.25, 0.3) is 11.5 Å². The summed E-state index contributed by atoms with van der Waals surface area (Å²) in [5.41, 5.74) is 6.25. The summed E-state index contributed by atoms with van der Waals surface area (Å²) in [7, 11) is 1.56. The van der Waals surface area contributed by atoms with Gasteiger partial charge in [-0.05, 0) is 30.2 Å². The summed E-state index contributed by atoms with van der Waals surface area (Å²) in [5, 5.41) is 0.825. The highest BCUT2D eigenvalue weighted by molar-refractivity contribution is 6.05. The Morgan fingerprint density at radius 2 is 1.94 bits per heavy atom. The highest BCUT2D eigenvalue weighted by Crippen LogP contribution is 2.29. The molecule has 2 heterocycles. The molecule has 0 atom stereocenters. The van der Waals surface area contributed by atoms with Crippen molar-refractivity contribution in [3.05, 3.63) is 92.8 Å². The molecule has 0 radical (unpaired) electrons. The number of aromatic amines is 1. The maximum absolute atomic E-state index is 13.5. The summed E-state index contributed by atoms with van der Waals surface area (Å²) in [6, 6.07) is 16.5. The Kier molecular flexibility index (Phi) is 7.39. The first kappa shape index (κ1) is 24.6. The van der Waals surface area contributed by atoms with E-state index in [0.29, 0.717) is 30.1 Å². The van der Waals surface area contributed by atoms with Crippen molar-refractivity contribution in [2.75, 3.05) is 17.7 Å². The fraction of sp³-hybridized carbons (Fsp3) is 0.222. The molecule has 4 aromatic rings. The van der Waals surface area contributed by atoms with Crippen LogP contribution in [0.4, 0.5) is 11.5 Å². The average Bonchev–Trinajstić information content (AvgIpc) is 3.30. The number of nitrogens with one attached hydrogen (secondary N) is 1. The van der Waals surface area contributed by atoms with Gasteiger partial charge in [-0.3, -0.25) is 24.0 Å². The number of unbranched alkanes of at least 4 members (excludes halogenated alkanes) is 1. The number of anilines is 2. The number of ether oxygens (including phenoxy) is 1. The van der Waals surface area contributed by atoms with E-state index in [1.807, 2.05) is 49.4 Å². The number of benzene rings is 2. The molecule has 9 nitrogen and oxygen atoms in total. The number of nitrogen functional groups attached to an aromatic ring is 1. The molecule has 1 amide bonds. The van der Waals surface area contributed by atoms with Crippen LogP contribution in [0.1, 0.15) is 31.1 Å². The lowest BCUT2D eigenvalue weighted by Crippen LogP contribution is -2.40. The molecular formula is C27H28N4O5. The van der Waals surface area contributed by atoms with Crippen LogP contribution in [0.5, 0.6) is 5.75 Å². The number of amides is 1. The van der Waals surface area contributed by atoms with E-state index in [9.17, 15) is 14.4 Å². The molecule has 9 heteroatoms. The highest BCUT2D eigenvalue weighted by atomic mass is 16.5. The number of rotatable bonds is 9. The zero-order chi connectivity index (χ0) is 25.7. The molecule has 0 aliphatic rings. The van der Waals surface area contributed by atoms with E-state index >= 15 is 0 Å². The van der Waals surface area contributed by atoms with E-state index in [2.05, 4.69) is 4.98 Å². The van der Waals surface area contributed by atoms with Gasteiger partial charge in [-0.1, -0.05) is 55.8 Å². The molecule has 0 fully saturated rings. The smallest absolute Gasteiger partial charge is 0.330 e. The molecule has 3 N–H and O–H groups in total. The number of para-hydroxylation sites is 1. The fourth-order valence-electron chi connectivity index (χ4n) is 3.95. The monoisotopic (exact) mass is 488 g/mol. The van der Waals surface area contributed by atoms with Gasteiger partial charge in [0.1, 0.15) is 11.6 Å². The molecule has 4 rings (SSSR count). The van der Waals surface area contributed by atoms with Gasteiger partial charge in [0, 0.05) is 18.0 Å². The van der Waals surface area contributed by atoms with Crippen molar-refractivity contribution < 1.29 is 13.9 Å². The van der Waals surface area contributed by atoms with Crippen molar-refractivity contribution in [1.82, 2.24) is 9.55 Å². The third-order valence-corrected chi connectivity index (χ3v) is 5.81. The van der Waals surface area contributed by atoms with E-state index < -0.39 is 17.2 Å². The summed E-state index contributed by atoms with van der Waals surface area (Å²) in [5.74, 6) is 0.475. The average molecular weight is 489 g/mol. The lowest BCUT2D eigenvalue weighted by Gasteiger charge is -2.23. The number of carbonyl (C=O) groups excluding carboxylic acids is 1. The summed E-state index contributed by atoms with van der Waals surface area (Å²) < 4.78 is 12.5. The third-order valence-electron chi connectivity index (χ3n) is 5.81. The van der Waals surface area contributed by atoms with E-state index in [1.165, 1.54) is 21.6 Å². The predicted octanol–water partition coefficient (Wildman–Crippen LogP) is 3.92. The quantitative estimate of drug-likeness (QED) is 0.344. The number of methoxy groups -OCH3 is 1. The number of aromatic nitrogens is 2. The van der Waals surface area contributed by atoms with Crippen molar-refractivity contribution >= 4 is 34.5 Å². The fourth-order valence-corrected chi connectivity index (χ4v) is 3.95. The zero-order valence-electron chi connectivity index (χ0n) is 20.2. The van der Waals surface area contributed by atoms with E-state index in [1.54, 1.807) is 19.2 Å². The molecule has 2 aromatic heterocycles. The normalized spacial score (nSPS) is 11.3. The Balaban J connectivity index is 1.74. The molecule has 0 bridgehead atoms. The number of fused-ring (bicyclic) bond motifs is 1. The molecule has 0 saturated heterocycles. The number of furan rings is 1. The van der Waals surface area contributed by atoms with Crippen molar-refractivity contribution in [2.24, 2.45) is 0 Å². The van der Waals surface area contributed by atoms with Crippen LogP contribution >= 0.6 is 0 Å². The molecule has 0 unspecified atom stereocenters. The first-order valence-corrected chi connectivity index (χ1v) is 11.7. The second-order valence-corrected chi connectivity index (χ2v) is 8.27. The molecule has 0 saturated carbocycles. The van der Waals surface area contributed by atoms with Gasteiger partial charge in [-0.15, -0.1) is 0 Å². The number of H-pyrrole nitrogens is 1. The van der Waals surface area contributed by atoms with E-state index in [0.717, 1.165) is 17.4 Å². The van der Waals surface area contributed by atoms with Gasteiger partial charge in [0.2, 0.25) is 0 Å². The largest absolute Gasteiger partial charge is 0.493 e. The van der Waals surface area contributed by atoms with Crippen LogP contribution in [0.15, 0.2) is 74.7 Å². The lowest BCUT2D eigenvalue weighted by atomic mass is 10.2. The third kappa shape index (κ3) is 5.10. The summed E-state index contributed by atoms with van der Waals surface area (Å²) in [6.45, 7) is 2.39. The number of carbonyl (C=O) groups is 1. The maximum atomic E-state index is 13.5. The SMILES string of the molecule is CCCCn1c(N)c(N(Cc2ccccc2)C(=O)/C=C/c2cc3cccc(OC)c3o2)c(=O)[nH]c1=O. The Bertz CT molecular complexity index is 1510. The predicted molar refractivity (Wildman–Crippen MR) is 140 cm³/mol. The van der Waals surface area contributed by atoms with E-state index in [4.69, 9.17) is 14.9 Å². The van der Waals surface area contributed by atoms with Crippen molar-refractivity contribution in [1.29, 1.82) is 0 Å². The number of nitrogens with two attached hydrogens (primary N) is 1. The molecule has 0 spiro atoms. The van der Waals surface area contributed by atoms with Gasteiger partial charge in [-0.2, -0.15) is 0 Å². The van der Waals surface area contributed by atoms with Crippen molar-refractivity contribution in [2.45, 2.75) is 32.9 Å². The number of hydrogen-bond donors (Lipinski definition) is 2. The molecule has 0 aliphatic carbocycles. The minimum atomic E-state index is -0.726. The minimum Gasteiger partial charge on any atom is -0.493 e. The van der Waals surface area contributed by atoms with Gasteiger partial charge >= 0.3 is 5.69 Å². The lowest BCUT2D eigenvalue weighted by molar-refractivity contribution is -0.114. The van der Waals surface area contributed by atoms with Crippen LogP contribution in [-0.4, -0.2) is 22.6 Å². The van der Waals surface area contributed by atoms with Crippen molar-refractivity contribution in [3.8, 4) is 5.75 Å². The van der Waals surface area contributed by atoms with Gasteiger partial charge in [0.05, 0.1) is 13.7 Å². The maximum Gasteiger partial charge on any atom is 0.330 e. The van der Waals surface area contributed by atoms with Gasteiger partial charge in [-0.25, -0.2) is 4.79 Å². The first-order chi connectivity index (χ1) is 17.4. The second-order valence-electron chi connectivity index (χ2n) is 8.27. The van der Waals surface area contributed by atoms with Crippen LogP contribution in [0.3, 0.4) is 0 Å². The van der Waals surface area contributed by atoms with Crippen LogP contribution in [0, 0.1) is 0 Å². The van der Waals surface area contributed by atoms with Crippen LogP contribution < -0.4 is 26.6 Å². The zero-order valence-corrected chi connectivity index (χ0v) is 20.2. The Hall–Kier alpha value is -4.53. The van der Waals surface area contributed by atoms with Crippen molar-refractivity contribution in [3.63, 3.8) is 0 Å². The summed E-state index contributed by atoms with van der Waals surface area (Å²) in [4.78, 5) is 42.3. The topological polar surface area (TPSA) is 124 Å². The standard InChI is InChI=1S/C27H28N4O5/c1-3-4-15-30-25(28)23(26(33)29-27(30)34)31(17-18-9-6-5-7-10-18)22(32)14-13-20-16-19-11-8-12-21(35-2)24(19)36-20/h5-14,16H,3-4,15,17,28H2,1-2H3,(H,29,33,34)/b14-13+. The Morgan fingerprint density at radius 3 is 2.67 bits per heavy atom. The first-order valence-electron chi connectivity index (χ1n) is 11.7. The molecule has 36 heavy (non-hydrogen) atoms. The Morgan fingerprint density at radius 1 is 1.17 bits per heavy atom. The van der Waals surface area contributed by atoms with E-state index in [-0.39, 0.29) is 18.1 Å². The molecule has 2 aromatic carbocycles. The van der Waals surface area contributed by atoms with Gasteiger partial charge in [0.15, 0.2) is 17.0 Å². The Labute approximate surface area is 207 Å². The highest BCUT2D eigenvalue weighted by Gasteiger charge is 2.23. The number of hydrogen-bond acceptors (Lipinski definition) is 6. The van der Waals surface area contributed by atoms with Crippen LogP contribution in [0.25, 0.3) is 17.0 Å². The van der Waals surface area contributed by atoms with Gasteiger partial charge < -0.3 is 14.9 Å². The van der Waals surface area contributed by atoms with Crippen LogP contribution in [0.2, 0.25) is 0 Å². The number of nitrogens with zero attached hydrogens (tertiary/aromatic N) is 2. The summed E-state index contributed by atoms with van der Waals surface area (Å²) >= 11 is 0. The van der Waals surface area contributed by atoms with Crippen LogP contribution in [-0.2, 0) is 17.9 Å².